The largest absolute Gasteiger partial charge is 0.497 e. The van der Waals surface area contributed by atoms with E-state index in [1.54, 1.807) is 36.9 Å². The summed E-state index contributed by atoms with van der Waals surface area (Å²) in [5, 5.41) is 10.3. The van der Waals surface area contributed by atoms with Crippen LogP contribution in [0.15, 0.2) is 34.1 Å². The number of hydrogen-bond donors (Lipinski definition) is 1. The standard InChI is InChI=1S/C12H13N3O2S2/c1-8(19-12-15-13-7-18-12)11(16)14-9-3-5-10(17-2)6-4-9/h3-8H,1-2H3,(H,14,16)/t8-/m0/s1. The second-order valence-electron chi connectivity index (χ2n) is 3.68. The summed E-state index contributed by atoms with van der Waals surface area (Å²) in [6.07, 6.45) is 0. The molecule has 19 heavy (non-hydrogen) atoms. The fourth-order valence-electron chi connectivity index (χ4n) is 1.34. The van der Waals surface area contributed by atoms with Gasteiger partial charge in [-0.1, -0.05) is 23.1 Å². The first-order chi connectivity index (χ1) is 9.19. The van der Waals surface area contributed by atoms with E-state index in [0.29, 0.717) is 0 Å². The van der Waals surface area contributed by atoms with Crippen LogP contribution in [0.5, 0.6) is 5.75 Å². The van der Waals surface area contributed by atoms with E-state index < -0.39 is 0 Å². The molecule has 0 aliphatic heterocycles. The molecule has 2 aromatic rings. The Morgan fingerprint density at radius 3 is 2.74 bits per heavy atom. The summed E-state index contributed by atoms with van der Waals surface area (Å²) in [6.45, 7) is 1.84. The van der Waals surface area contributed by atoms with Crippen LogP contribution in [0, 0.1) is 0 Å². The van der Waals surface area contributed by atoms with Crippen molar-refractivity contribution in [3.8, 4) is 5.75 Å². The van der Waals surface area contributed by atoms with Gasteiger partial charge in [0.25, 0.3) is 0 Å². The van der Waals surface area contributed by atoms with Crippen molar-refractivity contribution >= 4 is 34.7 Å². The van der Waals surface area contributed by atoms with Gasteiger partial charge in [0.05, 0.1) is 12.4 Å². The fraction of sp³-hybridized carbons (Fsp3) is 0.250. The lowest BCUT2D eigenvalue weighted by atomic mass is 10.3. The number of carbonyl (C=O) groups is 1. The molecular formula is C12H13N3O2S2. The topological polar surface area (TPSA) is 64.1 Å². The van der Waals surface area contributed by atoms with Gasteiger partial charge in [-0.15, -0.1) is 10.2 Å². The molecule has 1 N–H and O–H groups in total. The van der Waals surface area contributed by atoms with Gasteiger partial charge >= 0.3 is 0 Å². The number of benzene rings is 1. The van der Waals surface area contributed by atoms with Crippen molar-refractivity contribution in [2.75, 3.05) is 12.4 Å². The van der Waals surface area contributed by atoms with E-state index in [2.05, 4.69) is 15.5 Å². The molecule has 1 atom stereocenters. The molecule has 1 aromatic heterocycles. The Labute approximate surface area is 119 Å². The van der Waals surface area contributed by atoms with E-state index in [1.165, 1.54) is 23.1 Å². The summed E-state index contributed by atoms with van der Waals surface area (Å²) in [5.74, 6) is 0.694. The van der Waals surface area contributed by atoms with Gasteiger partial charge in [0, 0.05) is 5.69 Å². The Bertz CT molecular complexity index is 528. The molecule has 7 heteroatoms. The first-order valence-electron chi connectivity index (χ1n) is 5.57. The SMILES string of the molecule is COc1ccc(NC(=O)[C@H](C)Sc2nncs2)cc1. The zero-order valence-corrected chi connectivity index (χ0v) is 12.1. The van der Waals surface area contributed by atoms with Gasteiger partial charge in [-0.25, -0.2) is 0 Å². The van der Waals surface area contributed by atoms with Crippen LogP contribution in [0.1, 0.15) is 6.92 Å². The molecule has 100 valence electrons. The van der Waals surface area contributed by atoms with E-state index in [1.807, 2.05) is 6.92 Å². The van der Waals surface area contributed by atoms with E-state index in [0.717, 1.165) is 15.8 Å². The number of nitrogens with zero attached hydrogens (tertiary/aromatic N) is 2. The maximum Gasteiger partial charge on any atom is 0.237 e. The minimum atomic E-state index is -0.227. The predicted molar refractivity (Wildman–Crippen MR) is 76.9 cm³/mol. The number of anilines is 1. The average molecular weight is 295 g/mol. The zero-order chi connectivity index (χ0) is 13.7. The molecule has 2 rings (SSSR count). The number of carbonyl (C=O) groups excluding carboxylic acids is 1. The number of ether oxygens (including phenoxy) is 1. The summed E-state index contributed by atoms with van der Waals surface area (Å²) in [4.78, 5) is 12.0. The lowest BCUT2D eigenvalue weighted by molar-refractivity contribution is -0.115. The number of methoxy groups -OCH3 is 1. The van der Waals surface area contributed by atoms with Gasteiger partial charge in [-0.3, -0.25) is 4.79 Å². The van der Waals surface area contributed by atoms with Crippen LogP contribution in [0.4, 0.5) is 5.69 Å². The molecule has 1 aromatic carbocycles. The number of thioether (sulfide) groups is 1. The Morgan fingerprint density at radius 1 is 1.42 bits per heavy atom. The van der Waals surface area contributed by atoms with Gasteiger partial charge in [0.2, 0.25) is 5.91 Å². The lowest BCUT2D eigenvalue weighted by Gasteiger charge is -2.10. The van der Waals surface area contributed by atoms with E-state index >= 15 is 0 Å². The molecule has 1 amide bonds. The van der Waals surface area contributed by atoms with Crippen LogP contribution in [0.25, 0.3) is 0 Å². The second-order valence-corrected chi connectivity index (χ2v) is 6.10. The van der Waals surface area contributed by atoms with Gasteiger partial charge in [-0.05, 0) is 31.2 Å². The van der Waals surface area contributed by atoms with Gasteiger partial charge in [-0.2, -0.15) is 0 Å². The Hall–Kier alpha value is -1.60. The minimum absolute atomic E-state index is 0.0645. The molecule has 0 radical (unpaired) electrons. The molecule has 0 saturated carbocycles. The monoisotopic (exact) mass is 295 g/mol. The van der Waals surface area contributed by atoms with Gasteiger partial charge < -0.3 is 10.1 Å². The molecule has 0 aliphatic rings. The zero-order valence-electron chi connectivity index (χ0n) is 10.5. The Balaban J connectivity index is 1.92. The van der Waals surface area contributed by atoms with Crippen molar-refractivity contribution in [2.45, 2.75) is 16.5 Å². The molecule has 0 unspecified atom stereocenters. The van der Waals surface area contributed by atoms with E-state index in [-0.39, 0.29) is 11.2 Å². The summed E-state index contributed by atoms with van der Waals surface area (Å²) in [6, 6.07) is 7.22. The third-order valence-corrected chi connectivity index (χ3v) is 4.26. The first-order valence-corrected chi connectivity index (χ1v) is 7.32. The van der Waals surface area contributed by atoms with Crippen molar-refractivity contribution < 1.29 is 9.53 Å². The summed E-state index contributed by atoms with van der Waals surface area (Å²) in [7, 11) is 1.61. The molecule has 0 fully saturated rings. The third-order valence-electron chi connectivity index (χ3n) is 2.34. The van der Waals surface area contributed by atoms with Crippen LogP contribution >= 0.6 is 23.1 Å². The van der Waals surface area contributed by atoms with Crippen molar-refractivity contribution in [3.63, 3.8) is 0 Å². The molecule has 0 spiro atoms. The van der Waals surface area contributed by atoms with Crippen molar-refractivity contribution in [3.05, 3.63) is 29.8 Å². The molecule has 0 saturated heterocycles. The van der Waals surface area contributed by atoms with Gasteiger partial charge in [0.1, 0.15) is 11.3 Å². The molecule has 0 aliphatic carbocycles. The number of amides is 1. The van der Waals surface area contributed by atoms with Crippen molar-refractivity contribution in [2.24, 2.45) is 0 Å². The third kappa shape index (κ3) is 3.93. The number of aromatic nitrogens is 2. The highest BCUT2D eigenvalue weighted by Crippen LogP contribution is 2.25. The average Bonchev–Trinajstić information content (AvgIpc) is 2.92. The number of rotatable bonds is 5. The molecule has 5 nitrogen and oxygen atoms in total. The maximum atomic E-state index is 12.0. The highest BCUT2D eigenvalue weighted by molar-refractivity contribution is 8.02. The smallest absolute Gasteiger partial charge is 0.237 e. The molecule has 0 bridgehead atoms. The Kier molecular flexibility index (Phi) is 4.75. The van der Waals surface area contributed by atoms with Crippen molar-refractivity contribution in [1.29, 1.82) is 0 Å². The second kappa shape index (κ2) is 6.53. The fourth-order valence-corrected chi connectivity index (χ4v) is 2.96. The first kappa shape index (κ1) is 13.8. The minimum Gasteiger partial charge on any atom is -0.497 e. The highest BCUT2D eigenvalue weighted by atomic mass is 32.2. The normalized spacial score (nSPS) is 11.9. The summed E-state index contributed by atoms with van der Waals surface area (Å²) >= 11 is 2.82. The lowest BCUT2D eigenvalue weighted by Crippen LogP contribution is -2.22. The molecule has 1 heterocycles. The maximum absolute atomic E-state index is 12.0. The predicted octanol–water partition coefficient (Wildman–Crippen LogP) is 2.67. The Morgan fingerprint density at radius 2 is 2.16 bits per heavy atom. The molecular weight excluding hydrogens is 282 g/mol. The van der Waals surface area contributed by atoms with Crippen LogP contribution in [-0.2, 0) is 4.79 Å². The van der Waals surface area contributed by atoms with E-state index in [4.69, 9.17) is 4.74 Å². The summed E-state index contributed by atoms with van der Waals surface area (Å²) < 4.78 is 5.85. The quantitative estimate of drug-likeness (QED) is 0.859. The van der Waals surface area contributed by atoms with Crippen LogP contribution in [0.2, 0.25) is 0 Å². The summed E-state index contributed by atoms with van der Waals surface area (Å²) in [5.41, 5.74) is 2.40. The van der Waals surface area contributed by atoms with Crippen LogP contribution in [0.3, 0.4) is 0 Å². The number of nitrogens with one attached hydrogen (secondary N) is 1. The van der Waals surface area contributed by atoms with Crippen molar-refractivity contribution in [1.82, 2.24) is 10.2 Å². The van der Waals surface area contributed by atoms with Crippen LogP contribution in [-0.4, -0.2) is 28.5 Å². The number of hydrogen-bond acceptors (Lipinski definition) is 6. The van der Waals surface area contributed by atoms with Crippen LogP contribution < -0.4 is 10.1 Å². The van der Waals surface area contributed by atoms with Gasteiger partial charge in [0.15, 0.2) is 4.34 Å². The highest BCUT2D eigenvalue weighted by Gasteiger charge is 2.16. The van der Waals surface area contributed by atoms with E-state index in [9.17, 15) is 4.79 Å².